The van der Waals surface area contributed by atoms with Gasteiger partial charge in [-0.3, -0.25) is 0 Å². The summed E-state index contributed by atoms with van der Waals surface area (Å²) in [6, 6.07) is 8.13. The molecule has 0 atom stereocenters. The lowest BCUT2D eigenvalue weighted by atomic mass is 10.3. The second-order valence-electron chi connectivity index (χ2n) is 2.11. The van der Waals surface area contributed by atoms with E-state index in [4.69, 9.17) is 0 Å². The number of esters is 1. The Balaban J connectivity index is 2.60. The van der Waals surface area contributed by atoms with Crippen LogP contribution in [0.2, 0.25) is 0 Å². The Morgan fingerprint density at radius 1 is 1.08 bits per heavy atom. The van der Waals surface area contributed by atoms with Crippen LogP contribution in [0.25, 0.3) is 0 Å². The predicted molar refractivity (Wildman–Crippen MR) is 42.4 cm³/mol. The molecule has 2 N–H and O–H groups in total. The van der Waals surface area contributed by atoms with Crippen molar-refractivity contribution < 1.29 is 19.2 Å². The Hall–Kier alpha value is -1.88. The maximum absolute atomic E-state index is 10.8. The lowest BCUT2D eigenvalue weighted by Gasteiger charge is -2.00. The molecule has 0 aromatic heterocycles. The number of rotatable bonds is 1. The number of carbonyl (C=O) groups excluding carboxylic acids is 2. The number of hydrogen-bond donors (Lipinski definition) is 1. The second-order valence-corrected chi connectivity index (χ2v) is 2.11. The predicted octanol–water partition coefficient (Wildman–Crippen LogP) is 0.00890. The van der Waals surface area contributed by atoms with Gasteiger partial charge in [0.2, 0.25) is 0 Å². The highest BCUT2D eigenvalue weighted by molar-refractivity contribution is 6.30. The molecule has 0 saturated heterocycles. The molecule has 0 amide bonds. The maximum Gasteiger partial charge on any atom is 0.436 e. The van der Waals surface area contributed by atoms with Crippen molar-refractivity contribution in [3.05, 3.63) is 30.3 Å². The lowest BCUT2D eigenvalue weighted by Crippen LogP contribution is -2.25. The summed E-state index contributed by atoms with van der Waals surface area (Å²) in [5.74, 6) is 2.36. The first kappa shape index (κ1) is 9.21. The quantitative estimate of drug-likeness (QED) is 0.286. The minimum Gasteiger partial charge on any atom is -0.418 e. The summed E-state index contributed by atoms with van der Waals surface area (Å²) >= 11 is 0. The zero-order valence-electron chi connectivity index (χ0n) is 6.60. The van der Waals surface area contributed by atoms with Gasteiger partial charge in [0, 0.05) is 0 Å². The van der Waals surface area contributed by atoms with E-state index in [1.807, 2.05) is 0 Å². The molecule has 1 aromatic rings. The Kier molecular flexibility index (Phi) is 2.99. The number of benzene rings is 1. The lowest BCUT2D eigenvalue weighted by molar-refractivity contribution is -0.162. The van der Waals surface area contributed by atoms with Crippen molar-refractivity contribution in [2.75, 3.05) is 0 Å². The molecule has 0 fully saturated rings. The molecule has 13 heavy (non-hydrogen) atoms. The summed E-state index contributed by atoms with van der Waals surface area (Å²) in [5.41, 5.74) is 0. The van der Waals surface area contributed by atoms with Crippen LogP contribution < -0.4 is 10.6 Å². The molecule has 0 saturated carbocycles. The Morgan fingerprint density at radius 2 is 1.69 bits per heavy atom. The summed E-state index contributed by atoms with van der Waals surface area (Å²) in [5, 5.41) is 0. The molecular formula is C8H7NO4. The van der Waals surface area contributed by atoms with Gasteiger partial charge in [0.25, 0.3) is 0 Å². The van der Waals surface area contributed by atoms with Crippen LogP contribution in [0, 0.1) is 0 Å². The normalized spacial score (nSPS) is 9.00. The highest BCUT2D eigenvalue weighted by atomic mass is 16.7. The smallest absolute Gasteiger partial charge is 0.418 e. The molecule has 0 aliphatic heterocycles. The van der Waals surface area contributed by atoms with E-state index >= 15 is 0 Å². The van der Waals surface area contributed by atoms with Gasteiger partial charge in [-0.25, -0.2) is 9.59 Å². The van der Waals surface area contributed by atoms with Crippen LogP contribution in [-0.4, -0.2) is 11.9 Å². The van der Waals surface area contributed by atoms with Crippen molar-refractivity contribution in [3.63, 3.8) is 0 Å². The summed E-state index contributed by atoms with van der Waals surface area (Å²) in [6.07, 6.45) is 0. The molecule has 5 nitrogen and oxygen atoms in total. The number of ether oxygens (including phenoxy) is 1. The Bertz CT molecular complexity index is 309. The molecule has 0 spiro atoms. The van der Waals surface area contributed by atoms with Crippen LogP contribution in [0.15, 0.2) is 30.3 Å². The third-order valence-electron chi connectivity index (χ3n) is 1.23. The van der Waals surface area contributed by atoms with Gasteiger partial charge < -0.3 is 9.57 Å². The largest absolute Gasteiger partial charge is 0.436 e. The van der Waals surface area contributed by atoms with E-state index in [-0.39, 0.29) is 5.75 Å². The van der Waals surface area contributed by atoms with Gasteiger partial charge in [0.15, 0.2) is 0 Å². The fourth-order valence-electron chi connectivity index (χ4n) is 0.685. The number of para-hydroxylation sites is 1. The van der Waals surface area contributed by atoms with E-state index in [0.29, 0.717) is 0 Å². The van der Waals surface area contributed by atoms with Crippen LogP contribution in [0.5, 0.6) is 5.75 Å². The highest BCUT2D eigenvalue weighted by Crippen LogP contribution is 2.08. The summed E-state index contributed by atoms with van der Waals surface area (Å²) in [7, 11) is 0. The fourth-order valence-corrected chi connectivity index (χ4v) is 0.685. The van der Waals surface area contributed by atoms with Gasteiger partial charge in [0.1, 0.15) is 5.75 Å². The van der Waals surface area contributed by atoms with Crippen LogP contribution in [-0.2, 0) is 14.4 Å². The molecule has 0 aliphatic rings. The van der Waals surface area contributed by atoms with E-state index in [1.165, 1.54) is 12.1 Å². The van der Waals surface area contributed by atoms with Gasteiger partial charge in [0.05, 0.1) is 0 Å². The van der Waals surface area contributed by atoms with E-state index in [0.717, 1.165) is 0 Å². The third-order valence-corrected chi connectivity index (χ3v) is 1.23. The Labute approximate surface area is 74.0 Å². The molecule has 0 heterocycles. The van der Waals surface area contributed by atoms with Crippen LogP contribution in [0.1, 0.15) is 0 Å². The second kappa shape index (κ2) is 4.22. The average Bonchev–Trinajstić information content (AvgIpc) is 2.18. The SMILES string of the molecule is NOC(=O)C(=O)Oc1ccccc1. The Morgan fingerprint density at radius 3 is 2.23 bits per heavy atom. The maximum atomic E-state index is 10.8. The number of nitrogens with two attached hydrogens (primary N) is 1. The van der Waals surface area contributed by atoms with E-state index in [9.17, 15) is 9.59 Å². The summed E-state index contributed by atoms with van der Waals surface area (Å²) in [6.45, 7) is 0. The topological polar surface area (TPSA) is 78.6 Å². The minimum absolute atomic E-state index is 0.262. The van der Waals surface area contributed by atoms with Gasteiger partial charge in [-0.2, -0.15) is 5.90 Å². The van der Waals surface area contributed by atoms with E-state index < -0.39 is 11.9 Å². The van der Waals surface area contributed by atoms with Crippen molar-refractivity contribution in [3.8, 4) is 5.75 Å². The van der Waals surface area contributed by atoms with Crippen LogP contribution >= 0.6 is 0 Å². The van der Waals surface area contributed by atoms with Crippen molar-refractivity contribution in [2.24, 2.45) is 5.90 Å². The molecular weight excluding hydrogens is 174 g/mol. The first-order valence-electron chi connectivity index (χ1n) is 3.42. The average molecular weight is 181 g/mol. The molecule has 1 aromatic carbocycles. The van der Waals surface area contributed by atoms with Crippen molar-refractivity contribution in [2.45, 2.75) is 0 Å². The number of hydrogen-bond acceptors (Lipinski definition) is 5. The van der Waals surface area contributed by atoms with Crippen molar-refractivity contribution >= 4 is 11.9 Å². The van der Waals surface area contributed by atoms with Gasteiger partial charge in [-0.15, -0.1) is 0 Å². The minimum atomic E-state index is -1.23. The molecule has 68 valence electrons. The first-order valence-corrected chi connectivity index (χ1v) is 3.42. The monoisotopic (exact) mass is 181 g/mol. The summed E-state index contributed by atoms with van der Waals surface area (Å²) in [4.78, 5) is 24.9. The van der Waals surface area contributed by atoms with Gasteiger partial charge >= 0.3 is 11.9 Å². The fraction of sp³-hybridized carbons (Fsp3) is 0. The summed E-state index contributed by atoms with van der Waals surface area (Å²) < 4.78 is 4.57. The molecule has 0 aliphatic carbocycles. The molecule has 1 rings (SSSR count). The van der Waals surface area contributed by atoms with E-state index in [2.05, 4.69) is 15.5 Å². The standard InChI is InChI=1S/C8H7NO4/c9-13-8(11)7(10)12-6-4-2-1-3-5-6/h1-5H,9H2. The highest BCUT2D eigenvalue weighted by Gasteiger charge is 2.16. The molecule has 5 heteroatoms. The van der Waals surface area contributed by atoms with Crippen molar-refractivity contribution in [1.82, 2.24) is 0 Å². The van der Waals surface area contributed by atoms with Gasteiger partial charge in [-0.1, -0.05) is 18.2 Å². The van der Waals surface area contributed by atoms with Crippen molar-refractivity contribution in [1.29, 1.82) is 0 Å². The van der Waals surface area contributed by atoms with Gasteiger partial charge in [-0.05, 0) is 12.1 Å². The van der Waals surface area contributed by atoms with Crippen LogP contribution in [0.4, 0.5) is 0 Å². The first-order chi connectivity index (χ1) is 6.24. The molecule has 0 unspecified atom stereocenters. The zero-order valence-corrected chi connectivity index (χ0v) is 6.60. The molecule has 0 radical (unpaired) electrons. The third kappa shape index (κ3) is 2.57. The number of carbonyl (C=O) groups is 2. The molecule has 0 bridgehead atoms. The zero-order chi connectivity index (χ0) is 9.68. The van der Waals surface area contributed by atoms with Crippen LogP contribution in [0.3, 0.4) is 0 Å². The van der Waals surface area contributed by atoms with E-state index in [1.54, 1.807) is 18.2 Å².